The summed E-state index contributed by atoms with van der Waals surface area (Å²) in [6.45, 7) is 2.55. The maximum Gasteiger partial charge on any atom is 0.230 e. The summed E-state index contributed by atoms with van der Waals surface area (Å²) < 4.78 is 0. The number of fused-ring (bicyclic) bond motifs is 1. The highest BCUT2D eigenvalue weighted by atomic mass is 32.2. The van der Waals surface area contributed by atoms with Crippen LogP contribution in [0.2, 0.25) is 0 Å². The molecule has 0 spiro atoms. The zero-order chi connectivity index (χ0) is 20.1. The van der Waals surface area contributed by atoms with Crippen LogP contribution in [-0.2, 0) is 11.2 Å². The van der Waals surface area contributed by atoms with Crippen molar-refractivity contribution in [1.29, 1.82) is 0 Å². The first kappa shape index (κ1) is 19.2. The number of aromatic nitrogens is 3. The van der Waals surface area contributed by atoms with Crippen LogP contribution in [0.5, 0.6) is 0 Å². The van der Waals surface area contributed by atoms with E-state index in [1.165, 1.54) is 22.7 Å². The van der Waals surface area contributed by atoms with Gasteiger partial charge < -0.3 is 10.3 Å². The number of thioether (sulfide) groups is 1. The van der Waals surface area contributed by atoms with Crippen LogP contribution in [0.15, 0.2) is 72.0 Å². The van der Waals surface area contributed by atoms with Crippen LogP contribution in [0.4, 0.5) is 0 Å². The van der Waals surface area contributed by atoms with Gasteiger partial charge in [-0.15, -0.1) is 0 Å². The highest BCUT2D eigenvalue weighted by Crippen LogP contribution is 2.21. The minimum atomic E-state index is -0.0128. The fourth-order valence-electron chi connectivity index (χ4n) is 3.22. The molecule has 2 aromatic carbocycles. The third kappa shape index (κ3) is 4.84. The molecule has 6 heteroatoms. The van der Waals surface area contributed by atoms with Crippen LogP contribution in [-0.4, -0.2) is 33.2 Å². The van der Waals surface area contributed by atoms with Gasteiger partial charge in [0.25, 0.3) is 0 Å². The van der Waals surface area contributed by atoms with Gasteiger partial charge in [-0.2, -0.15) is 0 Å². The number of carbonyl (C=O) groups excluding carboxylic acids is 1. The number of para-hydroxylation sites is 1. The zero-order valence-electron chi connectivity index (χ0n) is 16.2. The molecule has 2 aromatic heterocycles. The molecule has 146 valence electrons. The highest BCUT2D eigenvalue weighted by molar-refractivity contribution is 7.99. The Bertz CT molecular complexity index is 1120. The number of aromatic amines is 1. The molecule has 5 nitrogen and oxygen atoms in total. The van der Waals surface area contributed by atoms with Crippen molar-refractivity contribution < 1.29 is 4.79 Å². The van der Waals surface area contributed by atoms with Gasteiger partial charge in [-0.05, 0) is 31.0 Å². The van der Waals surface area contributed by atoms with Gasteiger partial charge in [0, 0.05) is 34.9 Å². The molecule has 0 radical (unpaired) electrons. The smallest absolute Gasteiger partial charge is 0.230 e. The Kier molecular flexibility index (Phi) is 5.91. The Morgan fingerprint density at radius 3 is 2.72 bits per heavy atom. The number of carbonyl (C=O) groups is 1. The molecule has 2 heterocycles. The van der Waals surface area contributed by atoms with E-state index in [1.807, 2.05) is 61.7 Å². The molecule has 1 amide bonds. The molecule has 0 atom stereocenters. The molecule has 0 aliphatic heterocycles. The van der Waals surface area contributed by atoms with Crippen LogP contribution >= 0.6 is 11.8 Å². The van der Waals surface area contributed by atoms with E-state index in [9.17, 15) is 4.79 Å². The number of benzene rings is 2. The van der Waals surface area contributed by atoms with Crippen molar-refractivity contribution in [2.75, 3.05) is 12.3 Å². The largest absolute Gasteiger partial charge is 0.361 e. The lowest BCUT2D eigenvalue weighted by molar-refractivity contribution is -0.118. The molecular formula is C23H22N4OS. The summed E-state index contributed by atoms with van der Waals surface area (Å²) in [5.74, 6) is 0.284. The average Bonchev–Trinajstić information content (AvgIpc) is 3.16. The third-order valence-electron chi connectivity index (χ3n) is 4.63. The molecule has 0 unspecified atom stereocenters. The van der Waals surface area contributed by atoms with Gasteiger partial charge >= 0.3 is 0 Å². The van der Waals surface area contributed by atoms with E-state index in [4.69, 9.17) is 0 Å². The number of rotatable bonds is 7. The van der Waals surface area contributed by atoms with Gasteiger partial charge in [-0.1, -0.05) is 60.3 Å². The SMILES string of the molecule is Cc1cc(-c2ccccc2)nc(SCC(=O)NCCc2c[nH]c3ccccc23)n1. The van der Waals surface area contributed by atoms with Crippen molar-refractivity contribution in [2.24, 2.45) is 0 Å². The van der Waals surface area contributed by atoms with E-state index in [1.54, 1.807) is 0 Å². The van der Waals surface area contributed by atoms with Gasteiger partial charge in [0.05, 0.1) is 11.4 Å². The predicted molar refractivity (Wildman–Crippen MR) is 118 cm³/mol. The standard InChI is InChI=1S/C23H22N4OS/c1-16-13-21(17-7-3-2-4-8-17)27-23(26-16)29-15-22(28)24-12-11-18-14-25-20-10-6-5-9-19(18)20/h2-10,13-14,25H,11-12,15H2,1H3,(H,24,28). The maximum atomic E-state index is 12.3. The van der Waals surface area contributed by atoms with Gasteiger partial charge in [0.1, 0.15) is 0 Å². The fourth-order valence-corrected chi connectivity index (χ4v) is 3.95. The Labute approximate surface area is 174 Å². The molecule has 4 rings (SSSR count). The second-order valence-corrected chi connectivity index (χ2v) is 7.73. The number of hydrogen-bond acceptors (Lipinski definition) is 4. The molecular weight excluding hydrogens is 380 g/mol. The average molecular weight is 403 g/mol. The van der Waals surface area contributed by atoms with Crippen molar-refractivity contribution >= 4 is 28.6 Å². The molecule has 0 aliphatic carbocycles. The summed E-state index contributed by atoms with van der Waals surface area (Å²) in [6.07, 6.45) is 2.80. The van der Waals surface area contributed by atoms with Crippen LogP contribution in [0, 0.1) is 6.92 Å². The predicted octanol–water partition coefficient (Wildman–Crippen LogP) is 4.38. The third-order valence-corrected chi connectivity index (χ3v) is 5.47. The first-order chi connectivity index (χ1) is 14.2. The Morgan fingerprint density at radius 2 is 1.86 bits per heavy atom. The maximum absolute atomic E-state index is 12.3. The summed E-state index contributed by atoms with van der Waals surface area (Å²) in [5, 5.41) is 4.81. The van der Waals surface area contributed by atoms with E-state index >= 15 is 0 Å². The lowest BCUT2D eigenvalue weighted by Gasteiger charge is -2.07. The molecule has 0 aliphatic rings. The molecule has 0 fully saturated rings. The number of aryl methyl sites for hydroxylation is 1. The van der Waals surface area contributed by atoms with E-state index in [2.05, 4.69) is 32.4 Å². The Morgan fingerprint density at radius 1 is 1.07 bits per heavy atom. The monoisotopic (exact) mass is 402 g/mol. The zero-order valence-corrected chi connectivity index (χ0v) is 17.0. The van der Waals surface area contributed by atoms with E-state index in [0.29, 0.717) is 17.5 Å². The normalized spacial score (nSPS) is 10.9. The van der Waals surface area contributed by atoms with Crippen molar-refractivity contribution in [3.63, 3.8) is 0 Å². The van der Waals surface area contributed by atoms with Gasteiger partial charge in [-0.3, -0.25) is 4.79 Å². The number of H-pyrrole nitrogens is 1. The first-order valence-electron chi connectivity index (χ1n) is 9.54. The molecule has 29 heavy (non-hydrogen) atoms. The molecule has 0 saturated carbocycles. The summed E-state index contributed by atoms with van der Waals surface area (Å²) in [6, 6.07) is 20.1. The molecule has 0 saturated heterocycles. The summed E-state index contributed by atoms with van der Waals surface area (Å²) in [4.78, 5) is 24.6. The topological polar surface area (TPSA) is 70.7 Å². The quantitative estimate of drug-likeness (QED) is 0.355. The van der Waals surface area contributed by atoms with E-state index in [-0.39, 0.29) is 5.91 Å². The van der Waals surface area contributed by atoms with Crippen LogP contribution in [0.1, 0.15) is 11.3 Å². The summed E-state index contributed by atoms with van der Waals surface area (Å²) in [5.41, 5.74) is 5.14. The van der Waals surface area contributed by atoms with E-state index < -0.39 is 0 Å². The lowest BCUT2D eigenvalue weighted by atomic mass is 10.1. The van der Waals surface area contributed by atoms with Crippen molar-refractivity contribution in [3.8, 4) is 11.3 Å². The van der Waals surface area contributed by atoms with Crippen molar-refractivity contribution in [1.82, 2.24) is 20.3 Å². The number of hydrogen-bond donors (Lipinski definition) is 2. The Hall–Kier alpha value is -3.12. The van der Waals surface area contributed by atoms with Gasteiger partial charge in [0.2, 0.25) is 5.91 Å². The number of nitrogens with zero attached hydrogens (tertiary/aromatic N) is 2. The van der Waals surface area contributed by atoms with Crippen molar-refractivity contribution in [2.45, 2.75) is 18.5 Å². The minimum Gasteiger partial charge on any atom is -0.361 e. The lowest BCUT2D eigenvalue weighted by Crippen LogP contribution is -2.27. The minimum absolute atomic E-state index is 0.0128. The van der Waals surface area contributed by atoms with Gasteiger partial charge in [0.15, 0.2) is 5.16 Å². The molecule has 0 bridgehead atoms. The number of nitrogens with one attached hydrogen (secondary N) is 2. The fraction of sp³-hybridized carbons (Fsp3) is 0.174. The molecule has 2 N–H and O–H groups in total. The second kappa shape index (κ2) is 8.92. The van der Waals surface area contributed by atoms with Crippen LogP contribution < -0.4 is 5.32 Å². The molecule has 4 aromatic rings. The number of amides is 1. The first-order valence-corrected chi connectivity index (χ1v) is 10.5. The van der Waals surface area contributed by atoms with Crippen LogP contribution in [0.3, 0.4) is 0 Å². The summed E-state index contributed by atoms with van der Waals surface area (Å²) in [7, 11) is 0. The summed E-state index contributed by atoms with van der Waals surface area (Å²) >= 11 is 1.36. The van der Waals surface area contributed by atoms with E-state index in [0.717, 1.165) is 28.9 Å². The van der Waals surface area contributed by atoms with Crippen molar-refractivity contribution in [3.05, 3.63) is 78.1 Å². The van der Waals surface area contributed by atoms with Gasteiger partial charge in [-0.25, -0.2) is 9.97 Å². The Balaban J connectivity index is 1.31. The highest BCUT2D eigenvalue weighted by Gasteiger charge is 2.09. The van der Waals surface area contributed by atoms with Crippen LogP contribution in [0.25, 0.3) is 22.2 Å². The second-order valence-electron chi connectivity index (χ2n) is 6.79.